The van der Waals surface area contributed by atoms with Crippen molar-refractivity contribution in [2.24, 2.45) is 0 Å². The Bertz CT molecular complexity index is 932. The first kappa shape index (κ1) is 16.0. The maximum absolute atomic E-state index is 10.8. The van der Waals surface area contributed by atoms with Crippen LogP contribution in [0.15, 0.2) is 72.8 Å². The standard InChI is InChI=1S/C19H13N3O3/c20-13-14-12-16(22(23)24)8-11-19(14)21-15-6-9-18(10-7-15)25-17-4-2-1-3-5-17/h1-12,21H. The molecule has 0 saturated heterocycles. The Morgan fingerprint density at radius 3 is 2.28 bits per heavy atom. The average molecular weight is 331 g/mol. The molecule has 0 atom stereocenters. The number of nitriles is 1. The van der Waals surface area contributed by atoms with E-state index in [2.05, 4.69) is 5.32 Å². The van der Waals surface area contributed by atoms with Gasteiger partial charge in [0.2, 0.25) is 0 Å². The molecule has 0 fully saturated rings. The zero-order valence-corrected chi connectivity index (χ0v) is 13.0. The molecule has 1 N–H and O–H groups in total. The van der Waals surface area contributed by atoms with Crippen molar-refractivity contribution in [3.05, 3.63) is 88.5 Å². The smallest absolute Gasteiger partial charge is 0.270 e. The van der Waals surface area contributed by atoms with Crippen LogP contribution in [-0.2, 0) is 0 Å². The number of hydrogen-bond donors (Lipinski definition) is 1. The first-order valence-electron chi connectivity index (χ1n) is 7.44. The summed E-state index contributed by atoms with van der Waals surface area (Å²) < 4.78 is 5.72. The maximum Gasteiger partial charge on any atom is 0.270 e. The molecule has 3 aromatic rings. The molecular formula is C19H13N3O3. The summed E-state index contributed by atoms with van der Waals surface area (Å²) in [6.45, 7) is 0. The van der Waals surface area contributed by atoms with E-state index in [1.54, 1.807) is 24.3 Å². The Labute approximate surface area is 144 Å². The number of ether oxygens (including phenoxy) is 1. The Kier molecular flexibility index (Phi) is 4.58. The number of nitrogens with one attached hydrogen (secondary N) is 1. The molecule has 0 saturated carbocycles. The van der Waals surface area contributed by atoms with Crippen molar-refractivity contribution in [2.75, 3.05) is 5.32 Å². The van der Waals surface area contributed by atoms with Crippen molar-refractivity contribution in [3.63, 3.8) is 0 Å². The Morgan fingerprint density at radius 1 is 0.960 bits per heavy atom. The second kappa shape index (κ2) is 7.15. The van der Waals surface area contributed by atoms with E-state index < -0.39 is 4.92 Å². The van der Waals surface area contributed by atoms with Crippen molar-refractivity contribution in [1.82, 2.24) is 0 Å². The summed E-state index contributed by atoms with van der Waals surface area (Å²) in [5.74, 6) is 1.42. The Balaban J connectivity index is 1.75. The Hall–Kier alpha value is -3.85. The molecule has 0 aromatic heterocycles. The van der Waals surface area contributed by atoms with Gasteiger partial charge in [-0.05, 0) is 42.5 Å². The molecule has 0 unspecified atom stereocenters. The summed E-state index contributed by atoms with van der Waals surface area (Å²) in [6.07, 6.45) is 0. The summed E-state index contributed by atoms with van der Waals surface area (Å²) in [5.41, 5.74) is 1.34. The van der Waals surface area contributed by atoms with Gasteiger partial charge < -0.3 is 10.1 Å². The highest BCUT2D eigenvalue weighted by atomic mass is 16.6. The van der Waals surface area contributed by atoms with Crippen LogP contribution in [0.1, 0.15) is 5.56 Å². The van der Waals surface area contributed by atoms with Gasteiger partial charge in [-0.1, -0.05) is 18.2 Å². The van der Waals surface area contributed by atoms with Crippen molar-refractivity contribution in [2.45, 2.75) is 0 Å². The zero-order chi connectivity index (χ0) is 17.6. The predicted molar refractivity (Wildman–Crippen MR) is 94.1 cm³/mol. The fraction of sp³-hybridized carbons (Fsp3) is 0. The monoisotopic (exact) mass is 331 g/mol. The zero-order valence-electron chi connectivity index (χ0n) is 13.0. The molecular weight excluding hydrogens is 318 g/mol. The molecule has 0 amide bonds. The van der Waals surface area contributed by atoms with Crippen LogP contribution in [0.5, 0.6) is 11.5 Å². The lowest BCUT2D eigenvalue weighted by Crippen LogP contribution is -1.96. The van der Waals surface area contributed by atoms with Crippen molar-refractivity contribution < 1.29 is 9.66 Å². The van der Waals surface area contributed by atoms with Crippen LogP contribution in [0.4, 0.5) is 17.1 Å². The number of nitro benzene ring substituents is 1. The lowest BCUT2D eigenvalue weighted by molar-refractivity contribution is -0.384. The lowest BCUT2D eigenvalue weighted by atomic mass is 10.1. The van der Waals surface area contributed by atoms with E-state index in [1.165, 1.54) is 18.2 Å². The highest BCUT2D eigenvalue weighted by Crippen LogP contribution is 2.27. The second-order valence-corrected chi connectivity index (χ2v) is 5.16. The van der Waals surface area contributed by atoms with E-state index in [0.29, 0.717) is 11.4 Å². The topological polar surface area (TPSA) is 88.2 Å². The molecule has 0 aliphatic rings. The van der Waals surface area contributed by atoms with Crippen LogP contribution in [0, 0.1) is 21.4 Å². The van der Waals surface area contributed by atoms with Crippen LogP contribution in [0.25, 0.3) is 0 Å². The first-order chi connectivity index (χ1) is 12.2. The van der Waals surface area contributed by atoms with Gasteiger partial charge in [-0.2, -0.15) is 5.26 Å². The van der Waals surface area contributed by atoms with Gasteiger partial charge in [0.25, 0.3) is 5.69 Å². The van der Waals surface area contributed by atoms with Crippen molar-refractivity contribution >= 4 is 17.1 Å². The highest BCUT2D eigenvalue weighted by Gasteiger charge is 2.10. The highest BCUT2D eigenvalue weighted by molar-refractivity contribution is 5.68. The molecule has 0 spiro atoms. The minimum Gasteiger partial charge on any atom is -0.457 e. The van der Waals surface area contributed by atoms with E-state index in [1.807, 2.05) is 36.4 Å². The van der Waals surface area contributed by atoms with Crippen LogP contribution in [0.3, 0.4) is 0 Å². The summed E-state index contributed by atoms with van der Waals surface area (Å²) in [4.78, 5) is 10.3. The molecule has 0 aliphatic carbocycles. The molecule has 25 heavy (non-hydrogen) atoms. The van der Waals surface area contributed by atoms with Gasteiger partial charge in [0.15, 0.2) is 0 Å². The maximum atomic E-state index is 10.8. The van der Waals surface area contributed by atoms with E-state index in [9.17, 15) is 15.4 Å². The molecule has 0 aliphatic heterocycles. The summed E-state index contributed by atoms with van der Waals surface area (Å²) >= 11 is 0. The summed E-state index contributed by atoms with van der Waals surface area (Å²) in [5, 5.41) is 23.0. The van der Waals surface area contributed by atoms with Crippen LogP contribution >= 0.6 is 0 Å². The summed E-state index contributed by atoms with van der Waals surface area (Å²) in [7, 11) is 0. The minimum atomic E-state index is -0.527. The van der Waals surface area contributed by atoms with Crippen LogP contribution < -0.4 is 10.1 Å². The molecule has 0 heterocycles. The molecule has 122 valence electrons. The number of anilines is 2. The number of nitrogens with zero attached hydrogens (tertiary/aromatic N) is 2. The number of rotatable bonds is 5. The van der Waals surface area contributed by atoms with Gasteiger partial charge in [0.1, 0.15) is 17.6 Å². The third kappa shape index (κ3) is 3.92. The molecule has 3 rings (SSSR count). The number of para-hydroxylation sites is 1. The lowest BCUT2D eigenvalue weighted by Gasteiger charge is -2.10. The normalized spacial score (nSPS) is 9.88. The van der Waals surface area contributed by atoms with Gasteiger partial charge in [-0.25, -0.2) is 0 Å². The SMILES string of the molecule is N#Cc1cc([N+](=O)[O-])ccc1Nc1ccc(Oc2ccccc2)cc1. The first-order valence-corrected chi connectivity index (χ1v) is 7.44. The van der Waals surface area contributed by atoms with Crippen molar-refractivity contribution in [3.8, 4) is 17.6 Å². The largest absolute Gasteiger partial charge is 0.457 e. The van der Waals surface area contributed by atoms with E-state index in [4.69, 9.17) is 4.74 Å². The third-order valence-corrected chi connectivity index (χ3v) is 3.45. The molecule has 6 heteroatoms. The van der Waals surface area contributed by atoms with E-state index >= 15 is 0 Å². The van der Waals surface area contributed by atoms with Gasteiger partial charge in [0.05, 0.1) is 16.2 Å². The van der Waals surface area contributed by atoms with Gasteiger partial charge in [0, 0.05) is 17.8 Å². The number of nitro groups is 1. The van der Waals surface area contributed by atoms with E-state index in [-0.39, 0.29) is 11.3 Å². The minimum absolute atomic E-state index is 0.117. The van der Waals surface area contributed by atoms with Crippen molar-refractivity contribution in [1.29, 1.82) is 5.26 Å². The molecule has 0 radical (unpaired) electrons. The van der Waals surface area contributed by atoms with E-state index in [0.717, 1.165) is 11.4 Å². The van der Waals surface area contributed by atoms with Gasteiger partial charge >= 0.3 is 0 Å². The quantitative estimate of drug-likeness (QED) is 0.525. The van der Waals surface area contributed by atoms with Crippen LogP contribution in [-0.4, -0.2) is 4.92 Å². The van der Waals surface area contributed by atoms with Crippen LogP contribution in [0.2, 0.25) is 0 Å². The number of hydrogen-bond acceptors (Lipinski definition) is 5. The van der Waals surface area contributed by atoms with Gasteiger partial charge in [-0.15, -0.1) is 0 Å². The molecule has 6 nitrogen and oxygen atoms in total. The average Bonchev–Trinajstić information content (AvgIpc) is 2.64. The third-order valence-electron chi connectivity index (χ3n) is 3.45. The molecule has 0 bridgehead atoms. The Morgan fingerprint density at radius 2 is 1.64 bits per heavy atom. The fourth-order valence-corrected chi connectivity index (χ4v) is 2.23. The fourth-order valence-electron chi connectivity index (χ4n) is 2.23. The van der Waals surface area contributed by atoms with Gasteiger partial charge in [-0.3, -0.25) is 10.1 Å². The number of benzene rings is 3. The predicted octanol–water partition coefficient (Wildman–Crippen LogP) is 5.00. The number of non-ortho nitro benzene ring substituents is 1. The second-order valence-electron chi connectivity index (χ2n) is 5.16. The molecule has 3 aromatic carbocycles. The summed E-state index contributed by atoms with van der Waals surface area (Å²) in [6, 6.07) is 22.7.